The third-order valence-corrected chi connectivity index (χ3v) is 7.46. The van der Waals surface area contributed by atoms with E-state index in [1.165, 1.54) is 11.3 Å². The quantitative estimate of drug-likeness (QED) is 0.910. The second-order valence-corrected chi connectivity index (χ2v) is 9.44. The standard InChI is InChI=1S/C13H22N2O2S2/c1-9-7-10(2)18-12(9)19(16,17)15-6-5-11(14)13(3,4)8-15/h7,11H,5-6,8,14H2,1-4H3. The van der Waals surface area contributed by atoms with Crippen molar-refractivity contribution in [1.29, 1.82) is 0 Å². The van der Waals surface area contributed by atoms with E-state index in [-0.39, 0.29) is 11.5 Å². The van der Waals surface area contributed by atoms with Crippen LogP contribution in [0.1, 0.15) is 30.7 Å². The smallest absolute Gasteiger partial charge is 0.252 e. The Labute approximate surface area is 119 Å². The molecule has 4 nitrogen and oxygen atoms in total. The maximum Gasteiger partial charge on any atom is 0.252 e. The summed E-state index contributed by atoms with van der Waals surface area (Å²) in [5, 5.41) is 0. The maximum atomic E-state index is 12.7. The van der Waals surface area contributed by atoms with Gasteiger partial charge in [-0.2, -0.15) is 4.31 Å². The SMILES string of the molecule is Cc1cc(C)c(S(=O)(=O)N2CCC(N)C(C)(C)C2)s1. The van der Waals surface area contributed by atoms with Gasteiger partial charge in [0.2, 0.25) is 0 Å². The van der Waals surface area contributed by atoms with Gasteiger partial charge in [-0.3, -0.25) is 0 Å². The molecule has 1 unspecified atom stereocenters. The Bertz CT molecular complexity index is 575. The zero-order valence-electron chi connectivity index (χ0n) is 11.9. The van der Waals surface area contributed by atoms with Crippen LogP contribution in [0.25, 0.3) is 0 Å². The predicted octanol–water partition coefficient (Wildman–Crippen LogP) is 2.11. The molecule has 6 heteroatoms. The molecule has 2 heterocycles. The second-order valence-electron chi connectivity index (χ2n) is 6.05. The van der Waals surface area contributed by atoms with Gasteiger partial charge in [-0.1, -0.05) is 13.8 Å². The monoisotopic (exact) mass is 302 g/mol. The lowest BCUT2D eigenvalue weighted by Crippen LogP contribution is -2.53. The Morgan fingerprint density at radius 2 is 2.05 bits per heavy atom. The number of aryl methyl sites for hydroxylation is 2. The highest BCUT2D eigenvalue weighted by molar-refractivity contribution is 7.91. The lowest BCUT2D eigenvalue weighted by atomic mass is 9.81. The maximum absolute atomic E-state index is 12.7. The van der Waals surface area contributed by atoms with Crippen LogP contribution in [0, 0.1) is 19.3 Å². The van der Waals surface area contributed by atoms with Gasteiger partial charge in [0.15, 0.2) is 0 Å². The Morgan fingerprint density at radius 1 is 1.42 bits per heavy atom. The molecule has 0 saturated carbocycles. The minimum absolute atomic E-state index is 0.0603. The Kier molecular flexibility index (Phi) is 3.81. The van der Waals surface area contributed by atoms with Crippen LogP contribution in [-0.2, 0) is 10.0 Å². The van der Waals surface area contributed by atoms with Crippen LogP contribution in [0.4, 0.5) is 0 Å². The van der Waals surface area contributed by atoms with E-state index in [1.807, 2.05) is 33.8 Å². The number of rotatable bonds is 2. The van der Waals surface area contributed by atoms with Crippen LogP contribution in [0.15, 0.2) is 10.3 Å². The van der Waals surface area contributed by atoms with Crippen molar-refractivity contribution in [3.63, 3.8) is 0 Å². The fraction of sp³-hybridized carbons (Fsp3) is 0.692. The molecular weight excluding hydrogens is 280 g/mol. The summed E-state index contributed by atoms with van der Waals surface area (Å²) in [6.45, 7) is 8.87. The molecule has 1 aromatic rings. The van der Waals surface area contributed by atoms with Gasteiger partial charge in [0.1, 0.15) is 4.21 Å². The van der Waals surface area contributed by atoms with Crippen molar-refractivity contribution in [1.82, 2.24) is 4.31 Å². The molecule has 2 N–H and O–H groups in total. The van der Waals surface area contributed by atoms with Gasteiger partial charge in [-0.15, -0.1) is 11.3 Å². The third-order valence-electron chi connectivity index (χ3n) is 3.85. The van der Waals surface area contributed by atoms with Crippen LogP contribution in [0.5, 0.6) is 0 Å². The summed E-state index contributed by atoms with van der Waals surface area (Å²) in [7, 11) is -3.37. The molecule has 0 bridgehead atoms. The van der Waals surface area contributed by atoms with E-state index in [9.17, 15) is 8.42 Å². The van der Waals surface area contributed by atoms with Gasteiger partial charge in [0.05, 0.1) is 0 Å². The lowest BCUT2D eigenvalue weighted by Gasteiger charge is -2.41. The van der Waals surface area contributed by atoms with E-state index < -0.39 is 10.0 Å². The van der Waals surface area contributed by atoms with Gasteiger partial charge in [0.25, 0.3) is 10.0 Å². The van der Waals surface area contributed by atoms with Crippen LogP contribution in [0.3, 0.4) is 0 Å². The lowest BCUT2D eigenvalue weighted by molar-refractivity contribution is 0.155. The first-order chi connectivity index (χ1) is 8.64. The first-order valence-electron chi connectivity index (χ1n) is 6.47. The highest BCUT2D eigenvalue weighted by Gasteiger charge is 2.39. The Hall–Kier alpha value is -0.430. The molecule has 108 valence electrons. The summed E-state index contributed by atoms with van der Waals surface area (Å²) >= 11 is 1.36. The van der Waals surface area contributed by atoms with Gasteiger partial charge in [-0.25, -0.2) is 8.42 Å². The highest BCUT2D eigenvalue weighted by atomic mass is 32.2. The van der Waals surface area contributed by atoms with Crippen molar-refractivity contribution in [3.05, 3.63) is 16.5 Å². The summed E-state index contributed by atoms with van der Waals surface area (Å²) in [5.41, 5.74) is 6.74. The molecule has 19 heavy (non-hydrogen) atoms. The molecule has 0 radical (unpaired) electrons. The van der Waals surface area contributed by atoms with Crippen molar-refractivity contribution in [2.45, 2.75) is 44.4 Å². The van der Waals surface area contributed by atoms with Crippen molar-refractivity contribution < 1.29 is 8.42 Å². The Balaban J connectivity index is 2.34. The normalized spacial score (nSPS) is 24.6. The first-order valence-corrected chi connectivity index (χ1v) is 8.73. The minimum Gasteiger partial charge on any atom is -0.327 e. The van der Waals surface area contributed by atoms with E-state index in [4.69, 9.17) is 5.73 Å². The fourth-order valence-electron chi connectivity index (χ4n) is 2.52. The summed E-state index contributed by atoms with van der Waals surface area (Å²) in [6.07, 6.45) is 0.718. The third kappa shape index (κ3) is 2.72. The molecular formula is C13H22N2O2S2. The summed E-state index contributed by atoms with van der Waals surface area (Å²) in [6, 6.07) is 1.99. The summed E-state index contributed by atoms with van der Waals surface area (Å²) in [4.78, 5) is 1.03. The van der Waals surface area contributed by atoms with E-state index in [0.29, 0.717) is 17.3 Å². The van der Waals surface area contributed by atoms with Gasteiger partial charge in [0, 0.05) is 24.0 Å². The van der Waals surface area contributed by atoms with Gasteiger partial charge >= 0.3 is 0 Å². The zero-order valence-corrected chi connectivity index (χ0v) is 13.6. The number of sulfonamides is 1. The topological polar surface area (TPSA) is 63.4 Å². The molecule has 0 spiro atoms. The van der Waals surface area contributed by atoms with E-state index in [0.717, 1.165) is 16.9 Å². The van der Waals surface area contributed by atoms with Crippen molar-refractivity contribution >= 4 is 21.4 Å². The molecule has 1 fully saturated rings. The fourth-order valence-corrected chi connectivity index (χ4v) is 5.95. The van der Waals surface area contributed by atoms with E-state index >= 15 is 0 Å². The molecule has 1 atom stereocenters. The molecule has 1 aliphatic rings. The average Bonchev–Trinajstić information content (AvgIpc) is 2.62. The summed E-state index contributed by atoms with van der Waals surface area (Å²) in [5.74, 6) is 0. The number of nitrogens with zero attached hydrogens (tertiary/aromatic N) is 1. The molecule has 0 aliphatic carbocycles. The number of hydrogen-bond donors (Lipinski definition) is 1. The first kappa shape index (κ1) is 15.0. The van der Waals surface area contributed by atoms with Crippen LogP contribution in [0.2, 0.25) is 0 Å². The highest BCUT2D eigenvalue weighted by Crippen LogP contribution is 2.34. The Morgan fingerprint density at radius 3 is 2.53 bits per heavy atom. The van der Waals surface area contributed by atoms with Crippen molar-refractivity contribution in [2.24, 2.45) is 11.1 Å². The van der Waals surface area contributed by atoms with Crippen molar-refractivity contribution in [2.75, 3.05) is 13.1 Å². The van der Waals surface area contributed by atoms with Gasteiger partial charge < -0.3 is 5.73 Å². The molecule has 2 rings (SSSR count). The van der Waals surface area contributed by atoms with E-state index in [1.54, 1.807) is 4.31 Å². The molecule has 1 saturated heterocycles. The molecule has 0 aromatic carbocycles. The van der Waals surface area contributed by atoms with Crippen LogP contribution >= 0.6 is 11.3 Å². The van der Waals surface area contributed by atoms with Crippen LogP contribution < -0.4 is 5.73 Å². The molecule has 1 aromatic heterocycles. The number of piperidine rings is 1. The molecule has 0 amide bonds. The van der Waals surface area contributed by atoms with Gasteiger partial charge in [-0.05, 0) is 37.3 Å². The predicted molar refractivity (Wildman–Crippen MR) is 78.9 cm³/mol. The largest absolute Gasteiger partial charge is 0.327 e. The van der Waals surface area contributed by atoms with Crippen LogP contribution in [-0.4, -0.2) is 31.9 Å². The minimum atomic E-state index is -3.37. The second kappa shape index (κ2) is 4.84. The average molecular weight is 302 g/mol. The number of nitrogens with two attached hydrogens (primary N) is 1. The molecule has 1 aliphatic heterocycles. The zero-order chi connectivity index (χ0) is 14.4. The number of hydrogen-bond acceptors (Lipinski definition) is 4. The number of thiophene rings is 1. The van der Waals surface area contributed by atoms with Crippen molar-refractivity contribution in [3.8, 4) is 0 Å². The summed E-state index contributed by atoms with van der Waals surface area (Å²) < 4.78 is 27.5. The van der Waals surface area contributed by atoms with E-state index in [2.05, 4.69) is 0 Å².